The molecule has 2 aromatic carbocycles. The lowest BCUT2D eigenvalue weighted by molar-refractivity contribution is -0.225. The Kier molecular flexibility index (Phi) is 21.3. The van der Waals surface area contributed by atoms with Crippen molar-refractivity contribution in [2.45, 2.75) is 207 Å². The fourth-order valence-corrected chi connectivity index (χ4v) is 21.0. The molecule has 0 heterocycles. The van der Waals surface area contributed by atoms with E-state index in [-0.39, 0.29) is 119 Å². The molecule has 0 saturated heterocycles. The van der Waals surface area contributed by atoms with Crippen molar-refractivity contribution in [2.75, 3.05) is 46.8 Å². The highest BCUT2D eigenvalue weighted by Gasteiger charge is 2.69. The Labute approximate surface area is 504 Å². The molecular weight excluding hydrogens is 1050 g/mol. The maximum Gasteiger partial charge on any atom is 0.319 e. The molecule has 0 radical (unpaired) electrons. The van der Waals surface area contributed by atoms with Crippen molar-refractivity contribution in [1.29, 1.82) is 0 Å². The van der Waals surface area contributed by atoms with Crippen LogP contribution in [0, 0.1) is 92.7 Å². The van der Waals surface area contributed by atoms with Gasteiger partial charge in [-0.3, -0.25) is 14.4 Å². The predicted molar refractivity (Wildman–Crippen MR) is 329 cm³/mol. The third-order valence-corrected chi connectivity index (χ3v) is 25.3. The first kappa shape index (κ1) is 65.0. The molecule has 2 unspecified atom stereocenters. The zero-order valence-electron chi connectivity index (χ0n) is 52.8. The number of hydrogen-bond acceptors (Lipinski definition) is 14. The second-order valence-electron chi connectivity index (χ2n) is 29.7. The highest BCUT2D eigenvalue weighted by molar-refractivity contribution is 5.72. The summed E-state index contributed by atoms with van der Waals surface area (Å²) in [4.78, 5) is 42.7. The number of aliphatic hydroxyl groups excluding tert-OH is 3. The third-order valence-electron chi connectivity index (χ3n) is 25.3. The summed E-state index contributed by atoms with van der Waals surface area (Å²) in [5.74, 6) is 2.99. The van der Waals surface area contributed by atoms with Gasteiger partial charge in [0.1, 0.15) is 18.3 Å². The molecule has 8 fully saturated rings. The first-order valence-corrected chi connectivity index (χ1v) is 33.3. The van der Waals surface area contributed by atoms with Gasteiger partial charge in [-0.15, -0.1) is 0 Å². The van der Waals surface area contributed by atoms with Gasteiger partial charge in [0, 0.05) is 24.4 Å². The Balaban J connectivity index is 0.000000210. The number of ether oxygens (including phenoxy) is 3. The average Bonchev–Trinajstić information content (AvgIpc) is 1.63. The molecule has 14 heteroatoms. The second-order valence-corrected chi connectivity index (χ2v) is 29.7. The van der Waals surface area contributed by atoms with E-state index in [9.17, 15) is 29.7 Å². The maximum absolute atomic E-state index is 12.9. The van der Waals surface area contributed by atoms with Crippen LogP contribution in [0.25, 0.3) is 0 Å². The molecule has 9 N–H and O–H groups in total. The normalized spacial score (nSPS) is 40.1. The van der Waals surface area contributed by atoms with Crippen LogP contribution in [0.15, 0.2) is 60.7 Å². The summed E-state index contributed by atoms with van der Waals surface area (Å²) in [6, 6.07) is 21.3. The van der Waals surface area contributed by atoms with Crippen LogP contribution in [0.4, 0.5) is 0 Å². The van der Waals surface area contributed by atoms with Gasteiger partial charge >= 0.3 is 17.9 Å². The molecule has 8 saturated carbocycles. The monoisotopic (exact) mass is 1170 g/mol. The standard InChI is InChI=1S/C38H60N4O6.C32H51NO3/c1-24(9-8-16-42(4)23-25-10-6-5-7-11-25)28-12-13-29-36-30(19-32(38(28,29)3)48-35(45)22-41)37(2)15-14-27(46-33(43)20-39)17-26(37)18-31(36)47-34(44)21-40;1-21(9-8-16-33(4)20-22-10-6-5-7-11-22)25-12-13-26-30-27(19-29(36)32(25,26)3)31(2)15-14-24(34)17-23(31)18-28(30)35/h5-7,10-11,24,26-32,36H,8-9,12-23,39-41H2,1-4H3;5-7,10-11,21,23-30,34-36H,8-9,12-20H2,1-4H3/t24-,26+,27?,28-,29+,30+,31-,32+,36+,37+,38-;21-,23+,24?,25-,26+,27+,28-,29+,30+,31+,32-/m11/s1. The molecule has 22 atom stereocenters. The van der Waals surface area contributed by atoms with E-state index in [1.54, 1.807) is 0 Å². The summed E-state index contributed by atoms with van der Waals surface area (Å²) in [5, 5.41) is 33.6. The molecule has 0 aliphatic heterocycles. The van der Waals surface area contributed by atoms with Gasteiger partial charge in [0.2, 0.25) is 0 Å². The van der Waals surface area contributed by atoms with Crippen molar-refractivity contribution < 1.29 is 43.9 Å². The molecule has 8 aliphatic carbocycles. The lowest BCUT2D eigenvalue weighted by Gasteiger charge is -2.64. The Morgan fingerprint density at radius 1 is 0.560 bits per heavy atom. The number of carbonyl (C=O) groups excluding carboxylic acids is 3. The SMILES string of the molecule is C[C@H](CCCN(C)Cc1ccccc1)[C@H]1CC[C@H]2[C@@H]3[C@H](O)C[C@@H]4CC(O)CC[C@]4(C)[C@H]3C[C@H](O)[C@]12C.C[C@H](CCCN(C)Cc1ccccc1)[C@H]1CC[C@H]2[C@@H]3[C@H](OC(=O)CN)C[C@@H]4CC(OC(=O)CN)CC[C@]4(C)[C@H]3C[C@H](OC(=O)CN)[C@]12C. The molecule has 0 amide bonds. The van der Waals surface area contributed by atoms with E-state index in [4.69, 9.17) is 31.4 Å². The van der Waals surface area contributed by atoms with Crippen molar-refractivity contribution in [3.63, 3.8) is 0 Å². The van der Waals surface area contributed by atoms with Crippen LogP contribution in [0.3, 0.4) is 0 Å². The topological polar surface area (TPSA) is 224 Å². The predicted octanol–water partition coefficient (Wildman–Crippen LogP) is 9.52. The van der Waals surface area contributed by atoms with E-state index in [1.165, 1.54) is 30.4 Å². The summed E-state index contributed by atoms with van der Waals surface area (Å²) in [5.41, 5.74) is 19.6. The summed E-state index contributed by atoms with van der Waals surface area (Å²) >= 11 is 0. The van der Waals surface area contributed by atoms with Gasteiger partial charge in [-0.25, -0.2) is 0 Å². The van der Waals surface area contributed by atoms with Crippen LogP contribution < -0.4 is 17.2 Å². The lowest BCUT2D eigenvalue weighted by Crippen LogP contribution is -2.63. The summed E-state index contributed by atoms with van der Waals surface area (Å²) < 4.78 is 18.3. The molecule has 0 aromatic heterocycles. The van der Waals surface area contributed by atoms with Crippen molar-refractivity contribution in [2.24, 2.45) is 110 Å². The third kappa shape index (κ3) is 13.3. The number of carbonyl (C=O) groups is 3. The van der Waals surface area contributed by atoms with E-state index < -0.39 is 0 Å². The molecule has 10 rings (SSSR count). The van der Waals surface area contributed by atoms with Crippen LogP contribution in [0.2, 0.25) is 0 Å². The minimum Gasteiger partial charge on any atom is -0.461 e. The Morgan fingerprint density at radius 2 is 1.05 bits per heavy atom. The Morgan fingerprint density at radius 3 is 1.61 bits per heavy atom. The first-order valence-electron chi connectivity index (χ1n) is 33.3. The highest BCUT2D eigenvalue weighted by atomic mass is 16.6. The molecule has 0 spiro atoms. The molecule has 2 aromatic rings. The molecule has 8 aliphatic rings. The zero-order chi connectivity index (χ0) is 60.3. The van der Waals surface area contributed by atoms with Crippen LogP contribution >= 0.6 is 0 Å². The Hall–Kier alpha value is -3.47. The van der Waals surface area contributed by atoms with Gasteiger partial charge in [-0.1, -0.05) is 102 Å². The summed E-state index contributed by atoms with van der Waals surface area (Å²) in [6.07, 6.45) is 15.6. The van der Waals surface area contributed by atoms with Crippen LogP contribution in [0.5, 0.6) is 0 Å². The fourth-order valence-electron chi connectivity index (χ4n) is 21.0. The fraction of sp³-hybridized carbons (Fsp3) is 0.786. The van der Waals surface area contributed by atoms with Crippen LogP contribution in [0.1, 0.15) is 168 Å². The van der Waals surface area contributed by atoms with Gasteiger partial charge in [0.25, 0.3) is 0 Å². The minimum atomic E-state index is -0.389. The van der Waals surface area contributed by atoms with E-state index in [2.05, 4.69) is 126 Å². The smallest absolute Gasteiger partial charge is 0.319 e. The number of benzene rings is 2. The molecule has 0 bridgehead atoms. The van der Waals surface area contributed by atoms with E-state index in [0.717, 1.165) is 103 Å². The number of fused-ring (bicyclic) bond motifs is 10. The molecule has 84 heavy (non-hydrogen) atoms. The summed E-state index contributed by atoms with van der Waals surface area (Å²) in [7, 11) is 4.40. The minimum absolute atomic E-state index is 0.0797. The van der Waals surface area contributed by atoms with Crippen LogP contribution in [-0.2, 0) is 41.7 Å². The number of rotatable bonds is 20. The second kappa shape index (κ2) is 27.5. The van der Waals surface area contributed by atoms with Crippen LogP contribution in [-0.4, -0.2) is 126 Å². The van der Waals surface area contributed by atoms with E-state index in [1.807, 2.05) is 0 Å². The Bertz CT molecular complexity index is 2470. The van der Waals surface area contributed by atoms with Crippen molar-refractivity contribution in [3.8, 4) is 0 Å². The average molecular weight is 1170 g/mol. The van der Waals surface area contributed by atoms with Crippen molar-refractivity contribution in [1.82, 2.24) is 9.80 Å². The quantitative estimate of drug-likeness (QED) is 0.0537. The molecule has 470 valence electrons. The van der Waals surface area contributed by atoms with Crippen molar-refractivity contribution in [3.05, 3.63) is 71.8 Å². The van der Waals surface area contributed by atoms with Gasteiger partial charge in [-0.05, 0) is 235 Å². The lowest BCUT2D eigenvalue weighted by atomic mass is 9.43. The van der Waals surface area contributed by atoms with E-state index in [0.29, 0.717) is 66.6 Å². The maximum atomic E-state index is 12.9. The van der Waals surface area contributed by atoms with Crippen molar-refractivity contribution >= 4 is 17.9 Å². The van der Waals surface area contributed by atoms with Gasteiger partial charge in [-0.2, -0.15) is 0 Å². The highest BCUT2D eigenvalue weighted by Crippen LogP contribution is 2.71. The molecule has 14 nitrogen and oxygen atoms in total. The first-order chi connectivity index (χ1) is 40.1. The van der Waals surface area contributed by atoms with Gasteiger partial charge in [0.05, 0.1) is 37.9 Å². The number of hydrogen-bond donors (Lipinski definition) is 6. The number of nitrogens with zero attached hydrogens (tertiary/aromatic N) is 2. The number of nitrogens with two attached hydrogens (primary N) is 3. The summed E-state index contributed by atoms with van der Waals surface area (Å²) in [6.45, 7) is 17.9. The largest absolute Gasteiger partial charge is 0.461 e. The molecular formula is C70H111N5O9. The number of esters is 3. The van der Waals surface area contributed by atoms with Gasteiger partial charge < -0.3 is 56.5 Å². The van der Waals surface area contributed by atoms with Gasteiger partial charge in [0.15, 0.2) is 0 Å². The zero-order valence-corrected chi connectivity index (χ0v) is 52.8. The number of aliphatic hydroxyl groups is 3. The van der Waals surface area contributed by atoms with E-state index >= 15 is 0 Å².